The molecule has 1 fully saturated rings. The zero-order valence-electron chi connectivity index (χ0n) is 10.2. The number of piperidine rings is 1. The molecule has 0 atom stereocenters. The maximum Gasteiger partial charge on any atom is 0.0601 e. The smallest absolute Gasteiger partial charge is 0.0601 e. The molecule has 0 bridgehead atoms. The predicted octanol–water partition coefficient (Wildman–Crippen LogP) is 3.45. The maximum atomic E-state index is 3.31. The first-order valence-electron chi connectivity index (χ1n) is 6.61. The minimum atomic E-state index is 1.01. The Hall–Kier alpha value is -0.480. The van der Waals surface area contributed by atoms with Crippen LogP contribution in [0.5, 0.6) is 0 Å². The Kier molecular flexibility index (Phi) is 7.38. The van der Waals surface area contributed by atoms with Crippen molar-refractivity contribution in [3.63, 3.8) is 0 Å². The van der Waals surface area contributed by atoms with Crippen LogP contribution in [-0.4, -0.2) is 24.5 Å². The molecule has 1 heteroatoms. The first kappa shape index (κ1) is 12.6. The number of hydrogen-bond donors (Lipinski definition) is 0. The molecule has 1 heterocycles. The summed E-state index contributed by atoms with van der Waals surface area (Å²) in [6.07, 6.45) is 10.6. The van der Waals surface area contributed by atoms with E-state index in [0.717, 1.165) is 13.0 Å². The van der Waals surface area contributed by atoms with E-state index in [2.05, 4.69) is 23.7 Å². The fraction of sp³-hybridized carbons (Fsp3) is 0.857. The molecule has 0 aromatic rings. The van der Waals surface area contributed by atoms with E-state index in [-0.39, 0.29) is 0 Å². The molecule has 0 aromatic carbocycles. The van der Waals surface area contributed by atoms with Gasteiger partial charge in [-0.3, -0.25) is 4.90 Å². The molecule has 0 aliphatic carbocycles. The van der Waals surface area contributed by atoms with Crippen LogP contribution in [0.4, 0.5) is 0 Å². The Bertz CT molecular complexity index is 193. The summed E-state index contributed by atoms with van der Waals surface area (Å²) in [5.41, 5.74) is 0. The van der Waals surface area contributed by atoms with E-state index in [1.54, 1.807) is 0 Å². The quantitative estimate of drug-likeness (QED) is 0.493. The average molecular weight is 207 g/mol. The summed E-state index contributed by atoms with van der Waals surface area (Å²) < 4.78 is 0. The van der Waals surface area contributed by atoms with Gasteiger partial charge in [0.25, 0.3) is 0 Å². The van der Waals surface area contributed by atoms with Crippen molar-refractivity contribution < 1.29 is 0 Å². The largest absolute Gasteiger partial charge is 0.292 e. The molecule has 1 nitrogen and oxygen atoms in total. The molecule has 0 spiro atoms. The lowest BCUT2D eigenvalue weighted by Gasteiger charge is -2.23. The predicted molar refractivity (Wildman–Crippen MR) is 66.8 cm³/mol. The second-order valence-corrected chi connectivity index (χ2v) is 4.50. The van der Waals surface area contributed by atoms with Gasteiger partial charge < -0.3 is 0 Å². The maximum absolute atomic E-state index is 3.31. The highest BCUT2D eigenvalue weighted by Crippen LogP contribution is 2.07. The number of unbranched alkanes of at least 4 members (excludes halogenated alkanes) is 4. The van der Waals surface area contributed by atoms with Gasteiger partial charge in [-0.15, -0.1) is 5.92 Å². The van der Waals surface area contributed by atoms with E-state index >= 15 is 0 Å². The van der Waals surface area contributed by atoms with Crippen molar-refractivity contribution in [3.8, 4) is 11.8 Å². The summed E-state index contributed by atoms with van der Waals surface area (Å²) in [4.78, 5) is 2.49. The summed E-state index contributed by atoms with van der Waals surface area (Å²) in [5.74, 6) is 6.61. The van der Waals surface area contributed by atoms with Crippen LogP contribution in [0.2, 0.25) is 0 Å². The third-order valence-corrected chi connectivity index (χ3v) is 3.03. The monoisotopic (exact) mass is 207 g/mol. The van der Waals surface area contributed by atoms with Gasteiger partial charge in [-0.05, 0) is 32.4 Å². The van der Waals surface area contributed by atoms with Crippen LogP contribution >= 0.6 is 0 Å². The lowest BCUT2D eigenvalue weighted by molar-refractivity contribution is 0.255. The van der Waals surface area contributed by atoms with Gasteiger partial charge in [0.05, 0.1) is 6.54 Å². The van der Waals surface area contributed by atoms with E-state index < -0.39 is 0 Å². The van der Waals surface area contributed by atoms with Gasteiger partial charge in [-0.2, -0.15) is 0 Å². The third kappa shape index (κ3) is 6.57. The van der Waals surface area contributed by atoms with Crippen molar-refractivity contribution in [2.75, 3.05) is 19.6 Å². The van der Waals surface area contributed by atoms with E-state index in [1.807, 2.05) is 0 Å². The van der Waals surface area contributed by atoms with Gasteiger partial charge in [-0.25, -0.2) is 0 Å². The molecule has 0 saturated carbocycles. The zero-order valence-corrected chi connectivity index (χ0v) is 10.2. The molecular formula is C14H25N. The van der Waals surface area contributed by atoms with Gasteiger partial charge in [0.15, 0.2) is 0 Å². The molecule has 0 aromatic heterocycles. The van der Waals surface area contributed by atoms with Gasteiger partial charge in [0, 0.05) is 6.42 Å². The van der Waals surface area contributed by atoms with Crippen molar-refractivity contribution in [1.29, 1.82) is 0 Å². The van der Waals surface area contributed by atoms with E-state index in [9.17, 15) is 0 Å². The molecule has 1 aliphatic rings. The molecule has 1 aliphatic heterocycles. The number of nitrogens with zero attached hydrogens (tertiary/aromatic N) is 1. The minimum Gasteiger partial charge on any atom is -0.292 e. The van der Waals surface area contributed by atoms with Crippen molar-refractivity contribution >= 4 is 0 Å². The van der Waals surface area contributed by atoms with E-state index in [4.69, 9.17) is 0 Å². The highest BCUT2D eigenvalue weighted by Gasteiger charge is 2.07. The summed E-state index contributed by atoms with van der Waals surface area (Å²) in [5, 5.41) is 0. The molecule has 15 heavy (non-hydrogen) atoms. The summed E-state index contributed by atoms with van der Waals surface area (Å²) in [6.45, 7) is 5.80. The second-order valence-electron chi connectivity index (χ2n) is 4.50. The molecule has 0 unspecified atom stereocenters. The molecule has 0 amide bonds. The number of hydrogen-bond acceptors (Lipinski definition) is 1. The highest BCUT2D eigenvalue weighted by atomic mass is 15.1. The van der Waals surface area contributed by atoms with Crippen LogP contribution in [-0.2, 0) is 0 Å². The van der Waals surface area contributed by atoms with Crippen LogP contribution in [0.15, 0.2) is 0 Å². The van der Waals surface area contributed by atoms with Crippen LogP contribution in [0.25, 0.3) is 0 Å². The normalized spacial score (nSPS) is 17.1. The van der Waals surface area contributed by atoms with Crippen LogP contribution in [0.1, 0.15) is 58.3 Å². The lowest BCUT2D eigenvalue weighted by Crippen LogP contribution is -2.29. The van der Waals surface area contributed by atoms with Gasteiger partial charge >= 0.3 is 0 Å². The fourth-order valence-corrected chi connectivity index (χ4v) is 2.01. The van der Waals surface area contributed by atoms with Gasteiger partial charge in [0.1, 0.15) is 0 Å². The van der Waals surface area contributed by atoms with Crippen molar-refractivity contribution in [3.05, 3.63) is 0 Å². The van der Waals surface area contributed by atoms with E-state index in [0.29, 0.717) is 0 Å². The SMILES string of the molecule is CCCCCCC#CCN1CCCCC1. The summed E-state index contributed by atoms with van der Waals surface area (Å²) >= 11 is 0. The van der Waals surface area contributed by atoms with E-state index in [1.165, 1.54) is 58.0 Å². The first-order valence-corrected chi connectivity index (χ1v) is 6.61. The third-order valence-electron chi connectivity index (χ3n) is 3.03. The Morgan fingerprint density at radius 1 is 0.933 bits per heavy atom. The summed E-state index contributed by atoms with van der Waals surface area (Å²) in [6, 6.07) is 0. The fourth-order valence-electron chi connectivity index (χ4n) is 2.01. The molecule has 0 N–H and O–H groups in total. The summed E-state index contributed by atoms with van der Waals surface area (Å²) in [7, 11) is 0. The Balaban J connectivity index is 1.95. The molecule has 0 radical (unpaired) electrons. The van der Waals surface area contributed by atoms with Crippen LogP contribution in [0.3, 0.4) is 0 Å². The number of likely N-dealkylation sites (tertiary alicyclic amines) is 1. The molecule has 1 rings (SSSR count). The van der Waals surface area contributed by atoms with Gasteiger partial charge in [0.2, 0.25) is 0 Å². The highest BCUT2D eigenvalue weighted by molar-refractivity contribution is 5.01. The standard InChI is InChI=1S/C14H25N/c1-2-3-4-5-6-7-9-12-15-13-10-8-11-14-15/h2-6,8,10-14H2,1H3. The lowest BCUT2D eigenvalue weighted by atomic mass is 10.1. The van der Waals surface area contributed by atoms with Crippen molar-refractivity contribution in [2.24, 2.45) is 0 Å². The van der Waals surface area contributed by atoms with Gasteiger partial charge in [-0.1, -0.05) is 38.5 Å². The second kappa shape index (κ2) is 8.80. The molecule has 1 saturated heterocycles. The number of rotatable bonds is 5. The Morgan fingerprint density at radius 3 is 2.47 bits per heavy atom. The Morgan fingerprint density at radius 2 is 1.73 bits per heavy atom. The average Bonchev–Trinajstić information content (AvgIpc) is 2.29. The topological polar surface area (TPSA) is 3.24 Å². The van der Waals surface area contributed by atoms with Crippen molar-refractivity contribution in [1.82, 2.24) is 4.90 Å². The first-order chi connectivity index (χ1) is 7.43. The zero-order chi connectivity index (χ0) is 10.8. The molecule has 86 valence electrons. The van der Waals surface area contributed by atoms with Crippen molar-refractivity contribution in [2.45, 2.75) is 58.3 Å². The molecular weight excluding hydrogens is 182 g/mol. The Labute approximate surface area is 95.2 Å². The minimum absolute atomic E-state index is 1.01. The van der Waals surface area contributed by atoms with Crippen LogP contribution < -0.4 is 0 Å². The van der Waals surface area contributed by atoms with Crippen LogP contribution in [0, 0.1) is 11.8 Å².